The molecule has 0 fully saturated rings. The molecule has 2 aromatic rings. The van der Waals surface area contributed by atoms with Gasteiger partial charge in [-0.2, -0.15) is 0 Å². The van der Waals surface area contributed by atoms with E-state index in [0.717, 1.165) is 6.07 Å². The largest absolute Gasteiger partial charge is 0.508 e. The number of hydrogen-bond donors (Lipinski definition) is 5. The number of phenols is 2. The van der Waals surface area contributed by atoms with Crippen LogP contribution >= 0.6 is 7.75 Å². The maximum absolute atomic E-state index is 12.6. The summed E-state index contributed by atoms with van der Waals surface area (Å²) in [5.74, 6) is -1.14. The third kappa shape index (κ3) is 4.32. The van der Waals surface area contributed by atoms with Crippen LogP contribution in [0.2, 0.25) is 0 Å². The molecule has 5 N–H and O–H groups in total. The van der Waals surface area contributed by atoms with Crippen molar-refractivity contribution in [3.63, 3.8) is 0 Å². The second-order valence-corrected chi connectivity index (χ2v) is 6.37. The van der Waals surface area contributed by atoms with Gasteiger partial charge in [-0.3, -0.25) is 9.88 Å². The van der Waals surface area contributed by atoms with Crippen LogP contribution in [0.15, 0.2) is 42.5 Å². The lowest BCUT2D eigenvalue weighted by molar-refractivity contribution is 0.0967. The average molecular weight is 337 g/mol. The van der Waals surface area contributed by atoms with Crippen molar-refractivity contribution in [1.29, 1.82) is 0 Å². The van der Waals surface area contributed by atoms with Crippen molar-refractivity contribution in [3.8, 4) is 11.5 Å². The van der Waals surface area contributed by atoms with Gasteiger partial charge in [-0.15, -0.1) is 0 Å². The molecule has 1 unspecified atom stereocenters. The van der Waals surface area contributed by atoms with Gasteiger partial charge in [-0.05, 0) is 29.8 Å². The highest BCUT2D eigenvalue weighted by Crippen LogP contribution is 2.39. The van der Waals surface area contributed by atoms with Gasteiger partial charge in [0.05, 0.1) is 5.69 Å². The zero-order valence-corrected chi connectivity index (χ0v) is 13.1. The van der Waals surface area contributed by atoms with Gasteiger partial charge in [0.15, 0.2) is 5.78 Å². The Balaban J connectivity index is 2.38. The molecule has 23 heavy (non-hydrogen) atoms. The number of aromatic hydroxyl groups is 2. The average Bonchev–Trinajstić information content (AvgIpc) is 2.45. The van der Waals surface area contributed by atoms with Crippen molar-refractivity contribution in [2.45, 2.75) is 12.8 Å². The Hall–Kier alpha value is -2.34. The Morgan fingerprint density at radius 3 is 2.17 bits per heavy atom. The molecular weight excluding hydrogens is 321 g/mol. The smallest absolute Gasteiger partial charge is 0.427 e. The summed E-state index contributed by atoms with van der Waals surface area (Å²) in [6, 6.07) is 9.72. The first kappa shape index (κ1) is 17.0. The molecule has 0 spiro atoms. The van der Waals surface area contributed by atoms with Crippen molar-refractivity contribution in [3.05, 3.63) is 53.6 Å². The zero-order chi connectivity index (χ0) is 17.2. The van der Waals surface area contributed by atoms with Gasteiger partial charge in [0.2, 0.25) is 0 Å². The van der Waals surface area contributed by atoms with Crippen molar-refractivity contribution in [2.24, 2.45) is 0 Å². The lowest BCUT2D eigenvalue weighted by atomic mass is 9.91. The quantitative estimate of drug-likeness (QED) is 0.419. The van der Waals surface area contributed by atoms with Gasteiger partial charge >= 0.3 is 7.75 Å². The lowest BCUT2D eigenvalue weighted by Gasteiger charge is -2.16. The van der Waals surface area contributed by atoms with Gasteiger partial charge in [0, 0.05) is 17.5 Å². The first-order chi connectivity index (χ1) is 10.7. The fourth-order valence-corrected chi connectivity index (χ4v) is 2.64. The molecule has 0 heterocycles. The summed E-state index contributed by atoms with van der Waals surface area (Å²) in [5, 5.41) is 20.7. The number of carbonyl (C=O) groups excluding carboxylic acids is 1. The SMILES string of the molecule is CC(C(=O)c1ccc(O)cc1NP(=O)(O)O)c1ccc(O)cc1. The third-order valence-corrected chi connectivity index (χ3v) is 3.85. The molecule has 0 amide bonds. The van der Waals surface area contributed by atoms with Crippen LogP contribution < -0.4 is 5.09 Å². The van der Waals surface area contributed by atoms with Crippen LogP contribution in [-0.2, 0) is 4.57 Å². The maximum Gasteiger partial charge on any atom is 0.427 e. The molecule has 2 rings (SSSR count). The number of phenolic OH excluding ortho intramolecular Hbond substituents is 2. The van der Waals surface area contributed by atoms with E-state index < -0.39 is 13.7 Å². The molecule has 0 radical (unpaired) electrons. The highest BCUT2D eigenvalue weighted by Gasteiger charge is 2.23. The minimum atomic E-state index is -4.63. The van der Waals surface area contributed by atoms with Crippen LogP contribution in [0.1, 0.15) is 28.8 Å². The fraction of sp³-hybridized carbons (Fsp3) is 0.133. The van der Waals surface area contributed by atoms with Crippen LogP contribution in [0.3, 0.4) is 0 Å². The molecule has 0 bridgehead atoms. The summed E-state index contributed by atoms with van der Waals surface area (Å²) in [7, 11) is -4.63. The minimum Gasteiger partial charge on any atom is -0.508 e. The molecule has 0 aliphatic carbocycles. The predicted molar refractivity (Wildman–Crippen MR) is 84.6 cm³/mol. The van der Waals surface area contributed by atoms with Crippen LogP contribution in [0.25, 0.3) is 0 Å². The van der Waals surface area contributed by atoms with Gasteiger partial charge < -0.3 is 20.0 Å². The van der Waals surface area contributed by atoms with Gasteiger partial charge in [-0.25, -0.2) is 4.57 Å². The van der Waals surface area contributed by atoms with Gasteiger partial charge in [0.1, 0.15) is 11.5 Å². The summed E-state index contributed by atoms with van der Waals surface area (Å²) < 4.78 is 11.1. The monoisotopic (exact) mass is 337 g/mol. The van der Waals surface area contributed by atoms with E-state index in [1.165, 1.54) is 24.3 Å². The first-order valence-corrected chi connectivity index (χ1v) is 8.28. The van der Waals surface area contributed by atoms with E-state index in [0.29, 0.717) is 5.56 Å². The number of nitrogens with one attached hydrogen (secondary N) is 1. The maximum atomic E-state index is 12.6. The second kappa shape index (κ2) is 6.42. The summed E-state index contributed by atoms with van der Waals surface area (Å²) in [6.07, 6.45) is 0. The van der Waals surface area contributed by atoms with E-state index in [1.54, 1.807) is 19.1 Å². The molecule has 7 nitrogen and oxygen atoms in total. The second-order valence-electron chi connectivity index (χ2n) is 5.06. The number of ketones is 1. The Labute approximate surface area is 132 Å². The van der Waals surface area contributed by atoms with Crippen molar-refractivity contribution >= 4 is 19.2 Å². The van der Waals surface area contributed by atoms with Crippen molar-refractivity contribution in [2.75, 3.05) is 5.09 Å². The summed E-state index contributed by atoms with van der Waals surface area (Å²) in [4.78, 5) is 30.7. The Morgan fingerprint density at radius 1 is 1.04 bits per heavy atom. The van der Waals surface area contributed by atoms with Gasteiger partial charge in [-0.1, -0.05) is 19.1 Å². The molecular formula is C15H16NO6P. The molecule has 0 saturated carbocycles. The van der Waals surface area contributed by atoms with E-state index in [1.807, 2.05) is 5.09 Å². The standard InChI is InChI=1S/C15H16NO6P/c1-9(10-2-4-11(17)5-3-10)15(19)13-7-6-12(18)8-14(13)16-23(20,21)22/h2-9,17-18H,1H3,(H3,16,20,21,22). The molecule has 2 aromatic carbocycles. The molecule has 0 aromatic heterocycles. The number of carbonyl (C=O) groups is 1. The number of hydrogen-bond acceptors (Lipinski definition) is 4. The van der Waals surface area contributed by atoms with E-state index >= 15 is 0 Å². The van der Waals surface area contributed by atoms with Crippen LogP contribution in [0, 0.1) is 0 Å². The summed E-state index contributed by atoms with van der Waals surface area (Å²) in [5.41, 5.74) is 0.545. The molecule has 122 valence electrons. The normalized spacial score (nSPS) is 12.7. The highest BCUT2D eigenvalue weighted by molar-refractivity contribution is 7.53. The minimum absolute atomic E-state index is 0.0479. The van der Waals surface area contributed by atoms with Crippen LogP contribution in [0.4, 0.5) is 5.69 Å². The summed E-state index contributed by atoms with van der Waals surface area (Å²) >= 11 is 0. The number of anilines is 1. The first-order valence-electron chi connectivity index (χ1n) is 6.67. The Morgan fingerprint density at radius 2 is 1.61 bits per heavy atom. The van der Waals surface area contributed by atoms with Crippen LogP contribution in [-0.4, -0.2) is 25.8 Å². The zero-order valence-electron chi connectivity index (χ0n) is 12.2. The van der Waals surface area contributed by atoms with Crippen molar-refractivity contribution in [1.82, 2.24) is 0 Å². The number of rotatable bonds is 5. The van der Waals surface area contributed by atoms with E-state index in [2.05, 4.69) is 0 Å². The predicted octanol–water partition coefficient (Wildman–Crippen LogP) is 2.59. The lowest BCUT2D eigenvalue weighted by Crippen LogP contribution is -2.12. The molecule has 8 heteroatoms. The molecule has 0 saturated heterocycles. The molecule has 0 aliphatic rings. The van der Waals surface area contributed by atoms with E-state index in [-0.39, 0.29) is 28.5 Å². The highest BCUT2D eigenvalue weighted by atomic mass is 31.2. The molecule has 1 atom stereocenters. The van der Waals surface area contributed by atoms with E-state index in [4.69, 9.17) is 9.79 Å². The van der Waals surface area contributed by atoms with Gasteiger partial charge in [0.25, 0.3) is 0 Å². The van der Waals surface area contributed by atoms with E-state index in [9.17, 15) is 19.6 Å². The third-order valence-electron chi connectivity index (χ3n) is 3.32. The topological polar surface area (TPSA) is 127 Å². The van der Waals surface area contributed by atoms with Crippen molar-refractivity contribution < 1.29 is 29.4 Å². The Bertz CT molecular complexity index is 768. The summed E-state index contributed by atoms with van der Waals surface area (Å²) in [6.45, 7) is 1.64. The number of Topliss-reactive ketones (excluding diaryl/α,β-unsaturated/α-hetero) is 1. The Kier molecular flexibility index (Phi) is 4.75. The molecule has 0 aliphatic heterocycles. The van der Waals surface area contributed by atoms with Crippen LogP contribution in [0.5, 0.6) is 11.5 Å². The number of benzene rings is 2. The fourth-order valence-electron chi connectivity index (χ4n) is 2.14.